The number of unbranched alkanes of at least 4 members (excludes halogenated alkanes) is 1. The molecule has 0 saturated heterocycles. The standard InChI is InChI=1S/C22H32N4/c1-6-9-13-21-15-20(8-3)23-22(24-21)26-25-17(5)19-12-10-11-18(14-19)16(4)7-2/h10-12,14-16H,6-9,13H2,1-5H3,(H,23,24,26). The Morgan fingerprint density at radius 2 is 1.88 bits per heavy atom. The van der Waals surface area contributed by atoms with Crippen LogP contribution in [-0.2, 0) is 12.8 Å². The Labute approximate surface area is 158 Å². The van der Waals surface area contributed by atoms with Gasteiger partial charge in [0.15, 0.2) is 0 Å². The quantitative estimate of drug-likeness (QED) is 0.463. The maximum Gasteiger partial charge on any atom is 0.243 e. The van der Waals surface area contributed by atoms with Crippen molar-refractivity contribution in [2.24, 2.45) is 5.10 Å². The van der Waals surface area contributed by atoms with Gasteiger partial charge in [0.05, 0.1) is 5.71 Å². The van der Waals surface area contributed by atoms with E-state index in [1.54, 1.807) is 0 Å². The van der Waals surface area contributed by atoms with Crippen LogP contribution in [0.4, 0.5) is 5.95 Å². The van der Waals surface area contributed by atoms with Crippen LogP contribution >= 0.6 is 0 Å². The smallest absolute Gasteiger partial charge is 0.243 e. The summed E-state index contributed by atoms with van der Waals surface area (Å²) in [6.45, 7) is 10.8. The number of nitrogens with zero attached hydrogens (tertiary/aromatic N) is 3. The van der Waals surface area contributed by atoms with E-state index >= 15 is 0 Å². The van der Waals surface area contributed by atoms with Crippen LogP contribution in [0.2, 0.25) is 0 Å². The number of hydrazone groups is 1. The molecule has 4 heteroatoms. The second kappa shape index (κ2) is 10.0. The van der Waals surface area contributed by atoms with Crippen molar-refractivity contribution in [3.05, 3.63) is 52.8 Å². The van der Waals surface area contributed by atoms with Crippen LogP contribution in [0.25, 0.3) is 0 Å². The molecule has 1 N–H and O–H groups in total. The Morgan fingerprint density at radius 3 is 2.58 bits per heavy atom. The zero-order valence-corrected chi connectivity index (χ0v) is 16.8. The molecule has 4 nitrogen and oxygen atoms in total. The minimum absolute atomic E-state index is 0.557. The molecule has 0 aliphatic rings. The van der Waals surface area contributed by atoms with Crippen LogP contribution in [-0.4, -0.2) is 15.7 Å². The first-order valence-electron chi connectivity index (χ1n) is 9.84. The first-order chi connectivity index (χ1) is 12.6. The van der Waals surface area contributed by atoms with Gasteiger partial charge in [-0.25, -0.2) is 15.4 Å². The Morgan fingerprint density at radius 1 is 1.12 bits per heavy atom. The molecular weight excluding hydrogens is 320 g/mol. The minimum atomic E-state index is 0.557. The third-order valence-electron chi connectivity index (χ3n) is 4.79. The lowest BCUT2D eigenvalue weighted by atomic mass is 9.96. The molecule has 2 rings (SSSR count). The lowest BCUT2D eigenvalue weighted by Crippen LogP contribution is -2.06. The second-order valence-corrected chi connectivity index (χ2v) is 6.88. The summed E-state index contributed by atoms with van der Waals surface area (Å²) in [5.74, 6) is 1.15. The Balaban J connectivity index is 2.17. The van der Waals surface area contributed by atoms with Crippen molar-refractivity contribution in [3.63, 3.8) is 0 Å². The van der Waals surface area contributed by atoms with Crippen molar-refractivity contribution >= 4 is 11.7 Å². The van der Waals surface area contributed by atoms with Gasteiger partial charge in [-0.3, -0.25) is 0 Å². The summed E-state index contributed by atoms with van der Waals surface area (Å²) in [6.07, 6.45) is 5.33. The maximum absolute atomic E-state index is 4.61. The van der Waals surface area contributed by atoms with Crippen LogP contribution in [0, 0.1) is 0 Å². The van der Waals surface area contributed by atoms with Gasteiger partial charge in [0.2, 0.25) is 5.95 Å². The molecule has 0 aliphatic heterocycles. The number of benzene rings is 1. The lowest BCUT2D eigenvalue weighted by molar-refractivity contribution is 0.733. The normalized spacial score (nSPS) is 12.9. The van der Waals surface area contributed by atoms with E-state index < -0.39 is 0 Å². The molecular formula is C22H32N4. The van der Waals surface area contributed by atoms with Crippen LogP contribution in [0.15, 0.2) is 35.4 Å². The van der Waals surface area contributed by atoms with E-state index in [2.05, 4.69) is 78.5 Å². The van der Waals surface area contributed by atoms with Gasteiger partial charge in [0.1, 0.15) is 0 Å². The van der Waals surface area contributed by atoms with E-state index in [0.29, 0.717) is 11.9 Å². The van der Waals surface area contributed by atoms with Gasteiger partial charge in [0, 0.05) is 11.4 Å². The predicted octanol–water partition coefficient (Wildman–Crippen LogP) is 5.73. The summed E-state index contributed by atoms with van der Waals surface area (Å²) in [4.78, 5) is 9.17. The first-order valence-corrected chi connectivity index (χ1v) is 9.84. The van der Waals surface area contributed by atoms with Crippen LogP contribution in [0.1, 0.15) is 82.3 Å². The highest BCUT2D eigenvalue weighted by Gasteiger charge is 2.06. The number of aromatic nitrogens is 2. The average Bonchev–Trinajstić information content (AvgIpc) is 2.69. The summed E-state index contributed by atoms with van der Waals surface area (Å²) in [5, 5.41) is 4.53. The van der Waals surface area contributed by atoms with Crippen molar-refractivity contribution in [2.45, 2.75) is 72.6 Å². The number of aryl methyl sites for hydroxylation is 2. The zero-order valence-electron chi connectivity index (χ0n) is 16.8. The van der Waals surface area contributed by atoms with Gasteiger partial charge in [-0.1, -0.05) is 52.3 Å². The SMILES string of the molecule is CCCCc1cc(CC)nc(NN=C(C)c2cccc(C(C)CC)c2)n1. The molecule has 2 aromatic rings. The monoisotopic (exact) mass is 352 g/mol. The molecule has 1 heterocycles. The Bertz CT molecular complexity index is 737. The molecule has 0 bridgehead atoms. The summed E-state index contributed by atoms with van der Waals surface area (Å²) < 4.78 is 0. The fourth-order valence-electron chi connectivity index (χ4n) is 2.78. The van der Waals surface area contributed by atoms with E-state index in [-0.39, 0.29) is 0 Å². The van der Waals surface area contributed by atoms with E-state index in [0.717, 1.165) is 54.8 Å². The van der Waals surface area contributed by atoms with Gasteiger partial charge in [-0.05, 0) is 61.8 Å². The molecule has 1 aromatic heterocycles. The molecule has 0 fully saturated rings. The number of anilines is 1. The molecule has 26 heavy (non-hydrogen) atoms. The number of hydrogen-bond acceptors (Lipinski definition) is 4. The largest absolute Gasteiger partial charge is 0.245 e. The van der Waals surface area contributed by atoms with Crippen molar-refractivity contribution in [2.75, 3.05) is 5.43 Å². The van der Waals surface area contributed by atoms with Gasteiger partial charge in [-0.15, -0.1) is 0 Å². The molecule has 0 aliphatic carbocycles. The van der Waals surface area contributed by atoms with Gasteiger partial charge in [0.25, 0.3) is 0 Å². The van der Waals surface area contributed by atoms with E-state index in [9.17, 15) is 0 Å². The highest BCUT2D eigenvalue weighted by molar-refractivity contribution is 5.99. The second-order valence-electron chi connectivity index (χ2n) is 6.88. The van der Waals surface area contributed by atoms with E-state index in [1.165, 1.54) is 5.56 Å². The molecule has 1 atom stereocenters. The fraction of sp³-hybridized carbons (Fsp3) is 0.500. The van der Waals surface area contributed by atoms with Crippen molar-refractivity contribution in [1.82, 2.24) is 9.97 Å². The highest BCUT2D eigenvalue weighted by atomic mass is 15.4. The molecule has 0 spiro atoms. The number of hydrogen-bond donors (Lipinski definition) is 1. The van der Waals surface area contributed by atoms with Crippen LogP contribution < -0.4 is 5.43 Å². The minimum Gasteiger partial charge on any atom is -0.245 e. The third-order valence-corrected chi connectivity index (χ3v) is 4.79. The Kier molecular flexibility index (Phi) is 7.76. The number of rotatable bonds is 9. The van der Waals surface area contributed by atoms with Gasteiger partial charge >= 0.3 is 0 Å². The molecule has 1 aromatic carbocycles. The molecule has 1 unspecified atom stereocenters. The Hall–Kier alpha value is -2.23. The van der Waals surface area contributed by atoms with Crippen LogP contribution in [0.3, 0.4) is 0 Å². The summed E-state index contributed by atoms with van der Waals surface area (Å²) in [6, 6.07) is 10.7. The third kappa shape index (κ3) is 5.65. The van der Waals surface area contributed by atoms with Crippen molar-refractivity contribution in [3.8, 4) is 0 Å². The fourth-order valence-corrected chi connectivity index (χ4v) is 2.78. The van der Waals surface area contributed by atoms with E-state index in [1.807, 2.05) is 6.92 Å². The van der Waals surface area contributed by atoms with Crippen molar-refractivity contribution < 1.29 is 0 Å². The van der Waals surface area contributed by atoms with Crippen molar-refractivity contribution in [1.29, 1.82) is 0 Å². The molecule has 140 valence electrons. The van der Waals surface area contributed by atoms with E-state index in [4.69, 9.17) is 0 Å². The van der Waals surface area contributed by atoms with Crippen LogP contribution in [0.5, 0.6) is 0 Å². The molecule has 0 saturated carbocycles. The average molecular weight is 353 g/mol. The summed E-state index contributed by atoms with van der Waals surface area (Å²) in [5.41, 5.74) is 8.63. The zero-order chi connectivity index (χ0) is 18.9. The van der Waals surface area contributed by atoms with Gasteiger partial charge in [-0.2, -0.15) is 5.10 Å². The first kappa shape index (κ1) is 20.1. The lowest BCUT2D eigenvalue weighted by Gasteiger charge is -2.11. The van der Waals surface area contributed by atoms with Gasteiger partial charge < -0.3 is 0 Å². The molecule has 0 amide bonds. The predicted molar refractivity (Wildman–Crippen MR) is 111 cm³/mol. The summed E-state index contributed by atoms with van der Waals surface area (Å²) >= 11 is 0. The topological polar surface area (TPSA) is 50.2 Å². The maximum atomic E-state index is 4.61. The number of nitrogens with one attached hydrogen (secondary N) is 1. The summed E-state index contributed by atoms with van der Waals surface area (Å²) in [7, 11) is 0. The molecule has 0 radical (unpaired) electrons. The highest BCUT2D eigenvalue weighted by Crippen LogP contribution is 2.20.